The minimum atomic E-state index is 0. The van der Waals surface area contributed by atoms with E-state index >= 15 is 0 Å². The molecule has 0 spiro atoms. The van der Waals surface area contributed by atoms with E-state index in [1.165, 1.54) is 6.42 Å². The molecular weight excluding hydrogens is 350 g/mol. The number of likely N-dealkylation sites (tertiary alicyclic amines) is 1. The van der Waals surface area contributed by atoms with Gasteiger partial charge < -0.3 is 15.5 Å². The number of benzene rings is 1. The van der Waals surface area contributed by atoms with Gasteiger partial charge in [-0.1, -0.05) is 0 Å². The lowest BCUT2D eigenvalue weighted by molar-refractivity contribution is -0.120. The SMILES string of the molecule is CC1CCCCN1C(=O)c1ccc(NC(=O)[C@H]2CCN[C@@H](C)C2)cc1.Cl. The highest BCUT2D eigenvalue weighted by molar-refractivity contribution is 5.96. The molecule has 3 rings (SSSR count). The number of hydrogen-bond acceptors (Lipinski definition) is 3. The summed E-state index contributed by atoms with van der Waals surface area (Å²) in [7, 11) is 0. The molecule has 2 aliphatic rings. The van der Waals surface area contributed by atoms with Crippen LogP contribution in [0.15, 0.2) is 24.3 Å². The highest BCUT2D eigenvalue weighted by Gasteiger charge is 2.26. The minimum Gasteiger partial charge on any atom is -0.336 e. The quantitative estimate of drug-likeness (QED) is 0.845. The van der Waals surface area contributed by atoms with Crippen molar-refractivity contribution in [3.8, 4) is 0 Å². The monoisotopic (exact) mass is 379 g/mol. The third kappa shape index (κ3) is 4.98. The molecule has 0 aliphatic carbocycles. The molecule has 2 amide bonds. The normalized spacial score (nSPS) is 25.9. The maximum Gasteiger partial charge on any atom is 0.254 e. The van der Waals surface area contributed by atoms with E-state index in [0.717, 1.165) is 44.5 Å². The number of carbonyl (C=O) groups is 2. The highest BCUT2D eigenvalue weighted by Crippen LogP contribution is 2.21. The number of nitrogens with one attached hydrogen (secondary N) is 2. The first-order chi connectivity index (χ1) is 12.0. The molecular formula is C20H30ClN3O2. The molecule has 0 bridgehead atoms. The zero-order chi connectivity index (χ0) is 17.8. The van der Waals surface area contributed by atoms with Crippen LogP contribution in [-0.2, 0) is 4.79 Å². The van der Waals surface area contributed by atoms with Crippen LogP contribution in [0.5, 0.6) is 0 Å². The van der Waals surface area contributed by atoms with Gasteiger partial charge in [-0.25, -0.2) is 0 Å². The average molecular weight is 380 g/mol. The molecule has 5 nitrogen and oxygen atoms in total. The van der Waals surface area contributed by atoms with E-state index in [2.05, 4.69) is 24.5 Å². The average Bonchev–Trinajstić information content (AvgIpc) is 2.62. The van der Waals surface area contributed by atoms with Crippen molar-refractivity contribution >= 4 is 29.9 Å². The summed E-state index contributed by atoms with van der Waals surface area (Å²) in [5, 5.41) is 6.36. The zero-order valence-corrected chi connectivity index (χ0v) is 16.5. The zero-order valence-electron chi connectivity index (χ0n) is 15.7. The van der Waals surface area contributed by atoms with Crippen LogP contribution in [0.4, 0.5) is 5.69 Å². The number of anilines is 1. The van der Waals surface area contributed by atoms with Gasteiger partial charge in [-0.15, -0.1) is 12.4 Å². The molecule has 0 aromatic heterocycles. The Morgan fingerprint density at radius 1 is 1.12 bits per heavy atom. The third-order valence-corrected chi connectivity index (χ3v) is 5.46. The molecule has 2 heterocycles. The van der Waals surface area contributed by atoms with Gasteiger partial charge >= 0.3 is 0 Å². The van der Waals surface area contributed by atoms with E-state index < -0.39 is 0 Å². The van der Waals surface area contributed by atoms with Crippen molar-refractivity contribution < 1.29 is 9.59 Å². The predicted octanol–water partition coefficient (Wildman–Crippen LogP) is 3.45. The molecule has 3 atom stereocenters. The lowest BCUT2D eigenvalue weighted by atomic mass is 9.92. The topological polar surface area (TPSA) is 61.4 Å². The second kappa shape index (κ2) is 9.38. The predicted molar refractivity (Wildman–Crippen MR) is 107 cm³/mol. The molecule has 1 aromatic rings. The summed E-state index contributed by atoms with van der Waals surface area (Å²) in [4.78, 5) is 27.0. The molecule has 2 aliphatic heterocycles. The van der Waals surface area contributed by atoms with Gasteiger partial charge in [0.25, 0.3) is 5.91 Å². The van der Waals surface area contributed by atoms with Crippen molar-refractivity contribution in [1.29, 1.82) is 0 Å². The molecule has 2 N–H and O–H groups in total. The molecule has 144 valence electrons. The van der Waals surface area contributed by atoms with Crippen molar-refractivity contribution in [2.24, 2.45) is 5.92 Å². The molecule has 1 unspecified atom stereocenters. The summed E-state index contributed by atoms with van der Waals surface area (Å²) in [6.07, 6.45) is 5.10. The van der Waals surface area contributed by atoms with E-state index in [4.69, 9.17) is 0 Å². The molecule has 26 heavy (non-hydrogen) atoms. The fraction of sp³-hybridized carbons (Fsp3) is 0.600. The molecule has 0 saturated carbocycles. The van der Waals surface area contributed by atoms with Crippen LogP contribution in [-0.4, -0.2) is 41.9 Å². The molecule has 2 saturated heterocycles. The Balaban J connectivity index is 0.00000243. The van der Waals surface area contributed by atoms with Crippen LogP contribution >= 0.6 is 12.4 Å². The van der Waals surface area contributed by atoms with Crippen LogP contribution in [0.1, 0.15) is 56.3 Å². The number of halogens is 1. The number of hydrogen-bond donors (Lipinski definition) is 2. The first-order valence-corrected chi connectivity index (χ1v) is 9.50. The number of amides is 2. The van der Waals surface area contributed by atoms with Crippen molar-refractivity contribution in [3.63, 3.8) is 0 Å². The number of rotatable bonds is 3. The maximum atomic E-state index is 12.7. The standard InChI is InChI=1S/C20H29N3O2.ClH/c1-14-13-17(10-11-21-14)19(24)22-18-8-6-16(7-9-18)20(25)23-12-4-3-5-15(23)2;/h6-9,14-15,17,21H,3-5,10-13H2,1-2H3,(H,22,24);1H/t14-,15?,17-;/m0./s1. The van der Waals surface area contributed by atoms with Crippen LogP contribution < -0.4 is 10.6 Å². The van der Waals surface area contributed by atoms with Gasteiger partial charge in [0.15, 0.2) is 0 Å². The molecule has 0 radical (unpaired) electrons. The number of piperidine rings is 2. The summed E-state index contributed by atoms with van der Waals surface area (Å²) in [6.45, 7) is 5.96. The van der Waals surface area contributed by atoms with Crippen molar-refractivity contribution in [2.45, 2.75) is 58.0 Å². The van der Waals surface area contributed by atoms with Gasteiger partial charge in [-0.2, -0.15) is 0 Å². The third-order valence-electron chi connectivity index (χ3n) is 5.46. The van der Waals surface area contributed by atoms with E-state index in [0.29, 0.717) is 17.6 Å². The fourth-order valence-corrected chi connectivity index (χ4v) is 3.88. The Bertz CT molecular complexity index is 620. The summed E-state index contributed by atoms with van der Waals surface area (Å²) in [5.74, 6) is 0.237. The summed E-state index contributed by atoms with van der Waals surface area (Å²) in [5.41, 5.74) is 1.46. The molecule has 1 aromatic carbocycles. The van der Waals surface area contributed by atoms with E-state index in [-0.39, 0.29) is 30.1 Å². The van der Waals surface area contributed by atoms with Crippen LogP contribution in [0, 0.1) is 5.92 Å². The molecule has 6 heteroatoms. The highest BCUT2D eigenvalue weighted by atomic mass is 35.5. The largest absolute Gasteiger partial charge is 0.336 e. The second-order valence-corrected chi connectivity index (χ2v) is 7.49. The Morgan fingerprint density at radius 2 is 1.85 bits per heavy atom. The number of carbonyl (C=O) groups excluding carboxylic acids is 2. The Hall–Kier alpha value is -1.59. The first-order valence-electron chi connectivity index (χ1n) is 9.50. The van der Waals surface area contributed by atoms with Crippen LogP contribution in [0.2, 0.25) is 0 Å². The fourth-order valence-electron chi connectivity index (χ4n) is 3.88. The van der Waals surface area contributed by atoms with Gasteiger partial charge in [0, 0.05) is 35.8 Å². The smallest absolute Gasteiger partial charge is 0.254 e. The van der Waals surface area contributed by atoms with Gasteiger partial charge in [0.1, 0.15) is 0 Å². The Kier molecular flexibility index (Phi) is 7.47. The Labute approximate surface area is 162 Å². The summed E-state index contributed by atoms with van der Waals surface area (Å²) in [6, 6.07) is 8.02. The minimum absolute atomic E-state index is 0. The lowest BCUT2D eigenvalue weighted by Crippen LogP contribution is -2.42. The lowest BCUT2D eigenvalue weighted by Gasteiger charge is -2.33. The Morgan fingerprint density at radius 3 is 2.50 bits per heavy atom. The number of nitrogens with zero attached hydrogens (tertiary/aromatic N) is 1. The van der Waals surface area contributed by atoms with Gasteiger partial charge in [-0.3, -0.25) is 9.59 Å². The van der Waals surface area contributed by atoms with E-state index in [1.807, 2.05) is 29.2 Å². The maximum absolute atomic E-state index is 12.7. The molecule has 2 fully saturated rings. The van der Waals surface area contributed by atoms with Gasteiger partial charge in [-0.05, 0) is 76.8 Å². The van der Waals surface area contributed by atoms with Crippen molar-refractivity contribution in [1.82, 2.24) is 10.2 Å². The summed E-state index contributed by atoms with van der Waals surface area (Å²) >= 11 is 0. The van der Waals surface area contributed by atoms with E-state index in [9.17, 15) is 9.59 Å². The van der Waals surface area contributed by atoms with Crippen molar-refractivity contribution in [2.75, 3.05) is 18.4 Å². The first kappa shape index (κ1) is 20.7. The van der Waals surface area contributed by atoms with Crippen LogP contribution in [0.3, 0.4) is 0 Å². The summed E-state index contributed by atoms with van der Waals surface area (Å²) < 4.78 is 0. The van der Waals surface area contributed by atoms with Crippen molar-refractivity contribution in [3.05, 3.63) is 29.8 Å². The van der Waals surface area contributed by atoms with E-state index in [1.54, 1.807) is 0 Å². The van der Waals surface area contributed by atoms with Gasteiger partial charge in [0.05, 0.1) is 0 Å². The van der Waals surface area contributed by atoms with Crippen LogP contribution in [0.25, 0.3) is 0 Å². The van der Waals surface area contributed by atoms with Gasteiger partial charge in [0.2, 0.25) is 5.91 Å². The second-order valence-electron chi connectivity index (χ2n) is 7.49.